The molecule has 1 rings (SSSR count). The molecule has 1 aliphatic rings. The fraction of sp³-hybridized carbons (Fsp3) is 0.909. The lowest BCUT2D eigenvalue weighted by Gasteiger charge is -2.24. The molecule has 1 aliphatic carbocycles. The maximum atomic E-state index is 5.28. The van der Waals surface area contributed by atoms with E-state index in [1.807, 2.05) is 0 Å². The molecule has 0 atom stereocenters. The summed E-state index contributed by atoms with van der Waals surface area (Å²) in [4.78, 5) is 2.15. The van der Waals surface area contributed by atoms with Crippen molar-refractivity contribution in [1.82, 2.24) is 10.2 Å². The molecule has 0 aromatic heterocycles. The lowest BCUT2D eigenvalue weighted by molar-refractivity contribution is 0.203. The SMILES string of the molecule is COCCNC(=S)N(C)CC1CCCC1. The lowest BCUT2D eigenvalue weighted by atomic mass is 10.1. The number of nitrogens with zero attached hydrogens (tertiary/aromatic N) is 1. The van der Waals surface area contributed by atoms with Crippen molar-refractivity contribution in [1.29, 1.82) is 0 Å². The molecule has 88 valence electrons. The third-order valence-electron chi connectivity index (χ3n) is 2.94. The number of methoxy groups -OCH3 is 1. The highest BCUT2D eigenvalue weighted by atomic mass is 32.1. The maximum absolute atomic E-state index is 5.28. The second-order valence-corrected chi connectivity index (χ2v) is 4.64. The van der Waals surface area contributed by atoms with Gasteiger partial charge in [-0.15, -0.1) is 0 Å². The molecule has 0 bridgehead atoms. The summed E-state index contributed by atoms with van der Waals surface area (Å²) < 4.78 is 4.96. The average molecular weight is 230 g/mol. The average Bonchev–Trinajstić information content (AvgIpc) is 2.70. The molecule has 0 unspecified atom stereocenters. The summed E-state index contributed by atoms with van der Waals surface area (Å²) in [5.74, 6) is 0.845. The Labute approximate surface area is 98.2 Å². The first-order valence-corrected chi connectivity index (χ1v) is 6.12. The van der Waals surface area contributed by atoms with Crippen LogP contribution in [0.4, 0.5) is 0 Å². The molecular weight excluding hydrogens is 208 g/mol. The van der Waals surface area contributed by atoms with Crippen LogP contribution in [0.25, 0.3) is 0 Å². The van der Waals surface area contributed by atoms with E-state index in [1.165, 1.54) is 25.7 Å². The molecule has 0 aliphatic heterocycles. The molecule has 1 N–H and O–H groups in total. The molecule has 0 heterocycles. The van der Waals surface area contributed by atoms with Gasteiger partial charge in [0.15, 0.2) is 5.11 Å². The number of thiocarbonyl (C=S) groups is 1. The number of hydrogen-bond donors (Lipinski definition) is 1. The van der Waals surface area contributed by atoms with E-state index in [1.54, 1.807) is 7.11 Å². The van der Waals surface area contributed by atoms with Gasteiger partial charge in [0.25, 0.3) is 0 Å². The summed E-state index contributed by atoms with van der Waals surface area (Å²) in [5.41, 5.74) is 0. The van der Waals surface area contributed by atoms with Crippen molar-refractivity contribution >= 4 is 17.3 Å². The van der Waals surface area contributed by atoms with Crippen LogP contribution in [0.5, 0.6) is 0 Å². The van der Waals surface area contributed by atoms with Crippen molar-refractivity contribution in [2.75, 3.05) is 33.9 Å². The van der Waals surface area contributed by atoms with Crippen LogP contribution in [0, 0.1) is 5.92 Å². The van der Waals surface area contributed by atoms with Gasteiger partial charge in [0, 0.05) is 27.2 Å². The summed E-state index contributed by atoms with van der Waals surface area (Å²) >= 11 is 5.28. The highest BCUT2D eigenvalue weighted by Crippen LogP contribution is 2.25. The Bertz CT molecular complexity index is 193. The molecule has 0 saturated heterocycles. The molecule has 1 fully saturated rings. The fourth-order valence-electron chi connectivity index (χ4n) is 2.06. The molecule has 0 radical (unpaired) electrons. The van der Waals surface area contributed by atoms with Gasteiger partial charge >= 0.3 is 0 Å². The topological polar surface area (TPSA) is 24.5 Å². The van der Waals surface area contributed by atoms with Gasteiger partial charge in [0.05, 0.1) is 6.61 Å². The van der Waals surface area contributed by atoms with Crippen LogP contribution < -0.4 is 5.32 Å². The lowest BCUT2D eigenvalue weighted by Crippen LogP contribution is -2.40. The first kappa shape index (κ1) is 12.7. The van der Waals surface area contributed by atoms with Gasteiger partial charge in [-0.1, -0.05) is 12.8 Å². The monoisotopic (exact) mass is 230 g/mol. The predicted molar refractivity (Wildman–Crippen MR) is 67.1 cm³/mol. The van der Waals surface area contributed by atoms with Crippen molar-refractivity contribution in [3.63, 3.8) is 0 Å². The second kappa shape index (κ2) is 7.01. The van der Waals surface area contributed by atoms with Gasteiger partial charge in [-0.05, 0) is 31.0 Å². The third-order valence-corrected chi connectivity index (χ3v) is 3.39. The first-order valence-electron chi connectivity index (χ1n) is 5.72. The summed E-state index contributed by atoms with van der Waals surface area (Å²) in [6.07, 6.45) is 5.51. The fourth-order valence-corrected chi connectivity index (χ4v) is 2.23. The largest absolute Gasteiger partial charge is 0.383 e. The van der Waals surface area contributed by atoms with Crippen molar-refractivity contribution in [2.45, 2.75) is 25.7 Å². The zero-order chi connectivity index (χ0) is 11.1. The van der Waals surface area contributed by atoms with E-state index in [0.29, 0.717) is 6.61 Å². The van der Waals surface area contributed by atoms with E-state index in [2.05, 4.69) is 17.3 Å². The zero-order valence-corrected chi connectivity index (χ0v) is 10.6. The van der Waals surface area contributed by atoms with E-state index < -0.39 is 0 Å². The molecule has 1 saturated carbocycles. The standard InChI is InChI=1S/C11H22N2OS/c1-13(9-10-5-3-4-6-10)11(15)12-7-8-14-2/h10H,3-9H2,1-2H3,(H,12,15). The van der Waals surface area contributed by atoms with Crippen LogP contribution in [-0.2, 0) is 4.74 Å². The van der Waals surface area contributed by atoms with Crippen molar-refractivity contribution in [2.24, 2.45) is 5.92 Å². The molecule has 4 heteroatoms. The Morgan fingerprint density at radius 1 is 1.47 bits per heavy atom. The minimum absolute atomic E-state index is 0.706. The van der Waals surface area contributed by atoms with Crippen LogP contribution in [0.3, 0.4) is 0 Å². The van der Waals surface area contributed by atoms with Gasteiger partial charge in [0.1, 0.15) is 0 Å². The van der Waals surface area contributed by atoms with Crippen LogP contribution in [0.2, 0.25) is 0 Å². The quantitative estimate of drug-likeness (QED) is 0.573. The van der Waals surface area contributed by atoms with Gasteiger partial charge in [-0.2, -0.15) is 0 Å². The maximum Gasteiger partial charge on any atom is 0.168 e. The normalized spacial score (nSPS) is 16.7. The van der Waals surface area contributed by atoms with E-state index in [0.717, 1.165) is 24.1 Å². The predicted octanol–water partition coefficient (Wildman–Crippen LogP) is 1.63. The molecule has 0 aromatic rings. The number of hydrogen-bond acceptors (Lipinski definition) is 2. The Hall–Kier alpha value is -0.350. The summed E-state index contributed by atoms with van der Waals surface area (Å²) in [6, 6.07) is 0. The van der Waals surface area contributed by atoms with E-state index in [-0.39, 0.29) is 0 Å². The van der Waals surface area contributed by atoms with Gasteiger partial charge in [-0.3, -0.25) is 0 Å². The zero-order valence-electron chi connectivity index (χ0n) is 9.79. The minimum atomic E-state index is 0.706. The smallest absolute Gasteiger partial charge is 0.168 e. The van der Waals surface area contributed by atoms with E-state index in [4.69, 9.17) is 17.0 Å². The van der Waals surface area contributed by atoms with Gasteiger partial charge in [-0.25, -0.2) is 0 Å². The molecule has 0 amide bonds. The number of ether oxygens (including phenoxy) is 1. The van der Waals surface area contributed by atoms with Crippen LogP contribution in [0.1, 0.15) is 25.7 Å². The minimum Gasteiger partial charge on any atom is -0.383 e. The van der Waals surface area contributed by atoms with Gasteiger partial charge < -0.3 is 15.0 Å². The summed E-state index contributed by atoms with van der Waals surface area (Å²) in [6.45, 7) is 2.60. The van der Waals surface area contributed by atoms with E-state index in [9.17, 15) is 0 Å². The number of rotatable bonds is 5. The molecule has 3 nitrogen and oxygen atoms in total. The van der Waals surface area contributed by atoms with Crippen molar-refractivity contribution < 1.29 is 4.74 Å². The highest BCUT2D eigenvalue weighted by Gasteiger charge is 2.17. The Kier molecular flexibility index (Phi) is 5.95. The second-order valence-electron chi connectivity index (χ2n) is 4.26. The number of nitrogens with one attached hydrogen (secondary N) is 1. The highest BCUT2D eigenvalue weighted by molar-refractivity contribution is 7.80. The van der Waals surface area contributed by atoms with Crippen LogP contribution in [0.15, 0.2) is 0 Å². The van der Waals surface area contributed by atoms with Crippen LogP contribution >= 0.6 is 12.2 Å². The van der Waals surface area contributed by atoms with E-state index >= 15 is 0 Å². The Morgan fingerprint density at radius 3 is 2.73 bits per heavy atom. The van der Waals surface area contributed by atoms with Crippen molar-refractivity contribution in [3.05, 3.63) is 0 Å². The Morgan fingerprint density at radius 2 is 2.13 bits per heavy atom. The summed E-state index contributed by atoms with van der Waals surface area (Å²) in [5, 5.41) is 4.04. The van der Waals surface area contributed by atoms with Gasteiger partial charge in [0.2, 0.25) is 0 Å². The third kappa shape index (κ3) is 4.80. The molecule has 0 aromatic carbocycles. The van der Waals surface area contributed by atoms with Crippen molar-refractivity contribution in [3.8, 4) is 0 Å². The summed E-state index contributed by atoms with van der Waals surface area (Å²) in [7, 11) is 3.77. The van der Waals surface area contributed by atoms with Crippen LogP contribution in [-0.4, -0.2) is 43.9 Å². The first-order chi connectivity index (χ1) is 7.24. The Balaban J connectivity index is 2.14. The molecular formula is C11H22N2OS. The molecule has 15 heavy (non-hydrogen) atoms. The molecule has 0 spiro atoms.